The molecule has 0 bridgehead atoms. The maximum atomic E-state index is 11.9. The number of aryl methyl sites for hydroxylation is 2. The van der Waals surface area contributed by atoms with Crippen LogP contribution in [0.1, 0.15) is 37.0 Å². The van der Waals surface area contributed by atoms with Crippen LogP contribution in [-0.2, 0) is 12.6 Å². The minimum atomic E-state index is -0.588. The Kier molecular flexibility index (Phi) is 3.40. The Hall–Kier alpha value is -2.83. The summed E-state index contributed by atoms with van der Waals surface area (Å²) in [6.45, 7) is 7.85. The minimum absolute atomic E-state index is 0.247. The number of carbonyl (C=O) groups is 1. The fraction of sp³-hybridized carbons (Fsp3) is 0.353. The number of nitrogens with two attached hydrogens (primary N) is 2. The molecule has 0 fully saturated rings. The fourth-order valence-corrected chi connectivity index (χ4v) is 2.85. The SMILES string of the molecule is Cc1nc2cc(-c3nn(C(C)(C)C)c(N)c3C(N)=O)ccc2n1C. The molecule has 4 N–H and O–H groups in total. The number of nitrogen functional groups attached to an aromatic ring is 1. The molecule has 1 amide bonds. The van der Waals surface area contributed by atoms with Crippen LogP contribution < -0.4 is 11.5 Å². The monoisotopic (exact) mass is 326 g/mol. The van der Waals surface area contributed by atoms with Gasteiger partial charge in [0.1, 0.15) is 22.9 Å². The van der Waals surface area contributed by atoms with E-state index in [0.29, 0.717) is 5.69 Å². The summed E-state index contributed by atoms with van der Waals surface area (Å²) in [5.74, 6) is 0.606. The summed E-state index contributed by atoms with van der Waals surface area (Å²) >= 11 is 0. The van der Waals surface area contributed by atoms with Crippen molar-refractivity contribution in [2.75, 3.05) is 5.73 Å². The number of hydrogen-bond donors (Lipinski definition) is 2. The van der Waals surface area contributed by atoms with Gasteiger partial charge in [0.15, 0.2) is 0 Å². The van der Waals surface area contributed by atoms with Gasteiger partial charge in [-0.3, -0.25) is 4.79 Å². The first-order valence-electron chi connectivity index (χ1n) is 7.73. The van der Waals surface area contributed by atoms with Gasteiger partial charge in [-0.1, -0.05) is 6.07 Å². The zero-order valence-electron chi connectivity index (χ0n) is 14.6. The van der Waals surface area contributed by atoms with E-state index in [1.807, 2.05) is 57.5 Å². The predicted octanol–water partition coefficient (Wildman–Crippen LogP) is 2.18. The maximum absolute atomic E-state index is 11.9. The summed E-state index contributed by atoms with van der Waals surface area (Å²) in [5, 5.41) is 4.56. The molecule has 126 valence electrons. The molecule has 0 aliphatic heterocycles. The summed E-state index contributed by atoms with van der Waals surface area (Å²) in [4.78, 5) is 16.5. The van der Waals surface area contributed by atoms with E-state index in [1.165, 1.54) is 0 Å². The number of hydrogen-bond acceptors (Lipinski definition) is 4. The van der Waals surface area contributed by atoms with Crippen molar-refractivity contribution in [1.29, 1.82) is 0 Å². The fourth-order valence-electron chi connectivity index (χ4n) is 2.85. The van der Waals surface area contributed by atoms with Crippen molar-refractivity contribution >= 4 is 22.8 Å². The average Bonchev–Trinajstić information content (AvgIpc) is 2.96. The first-order valence-corrected chi connectivity index (χ1v) is 7.73. The van der Waals surface area contributed by atoms with Crippen molar-refractivity contribution in [2.24, 2.45) is 12.8 Å². The third-order valence-electron chi connectivity index (χ3n) is 4.18. The Morgan fingerprint density at radius 2 is 1.92 bits per heavy atom. The lowest BCUT2D eigenvalue weighted by Crippen LogP contribution is -2.25. The number of carbonyl (C=O) groups excluding carboxylic acids is 1. The maximum Gasteiger partial charge on any atom is 0.254 e. The second kappa shape index (κ2) is 5.09. The van der Waals surface area contributed by atoms with Gasteiger partial charge in [-0.25, -0.2) is 9.67 Å². The molecule has 3 rings (SSSR count). The Labute approximate surface area is 140 Å². The summed E-state index contributed by atoms with van der Waals surface area (Å²) in [6, 6.07) is 5.77. The summed E-state index contributed by atoms with van der Waals surface area (Å²) in [7, 11) is 1.96. The predicted molar refractivity (Wildman–Crippen MR) is 94.6 cm³/mol. The van der Waals surface area contributed by atoms with Gasteiger partial charge in [0.25, 0.3) is 5.91 Å². The van der Waals surface area contributed by atoms with Crippen LogP contribution in [0.15, 0.2) is 18.2 Å². The minimum Gasteiger partial charge on any atom is -0.383 e. The van der Waals surface area contributed by atoms with Crippen molar-refractivity contribution in [2.45, 2.75) is 33.2 Å². The topological polar surface area (TPSA) is 105 Å². The van der Waals surface area contributed by atoms with Crippen LogP contribution in [-0.4, -0.2) is 25.2 Å². The number of anilines is 1. The van der Waals surface area contributed by atoms with E-state index in [-0.39, 0.29) is 16.9 Å². The van der Waals surface area contributed by atoms with Gasteiger partial charge in [-0.05, 0) is 39.8 Å². The number of aromatic nitrogens is 4. The Balaban J connectivity index is 2.27. The molecule has 7 heteroatoms. The Bertz CT molecular complexity index is 958. The first-order chi connectivity index (χ1) is 11.1. The zero-order valence-corrected chi connectivity index (χ0v) is 14.6. The van der Waals surface area contributed by atoms with Gasteiger partial charge < -0.3 is 16.0 Å². The van der Waals surface area contributed by atoms with Crippen LogP contribution in [0, 0.1) is 6.92 Å². The third-order valence-corrected chi connectivity index (χ3v) is 4.18. The van der Waals surface area contributed by atoms with E-state index < -0.39 is 5.91 Å². The van der Waals surface area contributed by atoms with E-state index >= 15 is 0 Å². The highest BCUT2D eigenvalue weighted by atomic mass is 16.1. The van der Waals surface area contributed by atoms with E-state index in [1.54, 1.807) is 4.68 Å². The van der Waals surface area contributed by atoms with Crippen molar-refractivity contribution in [3.05, 3.63) is 29.6 Å². The molecular formula is C17H22N6O. The highest BCUT2D eigenvalue weighted by molar-refractivity contribution is 6.03. The number of benzene rings is 1. The molecule has 0 saturated heterocycles. The summed E-state index contributed by atoms with van der Waals surface area (Å²) in [5.41, 5.74) is 14.7. The number of rotatable bonds is 2. The van der Waals surface area contributed by atoms with Crippen LogP contribution in [0.25, 0.3) is 22.3 Å². The molecule has 0 atom stereocenters. The largest absolute Gasteiger partial charge is 0.383 e. The number of fused-ring (bicyclic) bond motifs is 1. The molecule has 0 aliphatic rings. The number of primary amides is 1. The summed E-state index contributed by atoms with van der Waals surface area (Å²) in [6.07, 6.45) is 0. The Morgan fingerprint density at radius 3 is 2.50 bits per heavy atom. The van der Waals surface area contributed by atoms with Crippen LogP contribution >= 0.6 is 0 Å². The van der Waals surface area contributed by atoms with E-state index in [0.717, 1.165) is 22.4 Å². The Morgan fingerprint density at radius 1 is 1.25 bits per heavy atom. The third kappa shape index (κ3) is 2.33. The quantitative estimate of drug-likeness (QED) is 0.753. The second-order valence-corrected chi connectivity index (χ2v) is 6.98. The van der Waals surface area contributed by atoms with E-state index in [4.69, 9.17) is 11.5 Å². The molecule has 2 aromatic heterocycles. The molecule has 2 heterocycles. The molecule has 0 radical (unpaired) electrons. The van der Waals surface area contributed by atoms with Crippen LogP contribution in [0.3, 0.4) is 0 Å². The second-order valence-electron chi connectivity index (χ2n) is 6.98. The molecule has 1 aromatic carbocycles. The average molecular weight is 326 g/mol. The number of amides is 1. The molecule has 0 saturated carbocycles. The van der Waals surface area contributed by atoms with Crippen molar-refractivity contribution < 1.29 is 4.79 Å². The molecule has 0 unspecified atom stereocenters. The lowest BCUT2D eigenvalue weighted by atomic mass is 10.1. The van der Waals surface area contributed by atoms with Gasteiger partial charge in [-0.15, -0.1) is 0 Å². The lowest BCUT2D eigenvalue weighted by Gasteiger charge is -2.20. The van der Waals surface area contributed by atoms with Crippen LogP contribution in [0.4, 0.5) is 5.82 Å². The molecule has 0 aliphatic carbocycles. The number of nitrogens with zero attached hydrogens (tertiary/aromatic N) is 4. The van der Waals surface area contributed by atoms with E-state index in [9.17, 15) is 4.79 Å². The van der Waals surface area contributed by atoms with Crippen molar-refractivity contribution in [3.63, 3.8) is 0 Å². The van der Waals surface area contributed by atoms with Gasteiger partial charge in [0, 0.05) is 12.6 Å². The molecule has 7 nitrogen and oxygen atoms in total. The zero-order chi connectivity index (χ0) is 17.8. The summed E-state index contributed by atoms with van der Waals surface area (Å²) < 4.78 is 3.65. The normalized spacial score (nSPS) is 12.0. The number of imidazole rings is 1. The molecule has 24 heavy (non-hydrogen) atoms. The molecule has 3 aromatic rings. The van der Waals surface area contributed by atoms with Crippen molar-refractivity contribution in [3.8, 4) is 11.3 Å². The van der Waals surface area contributed by atoms with Crippen LogP contribution in [0.2, 0.25) is 0 Å². The molecular weight excluding hydrogens is 304 g/mol. The van der Waals surface area contributed by atoms with Crippen LogP contribution in [0.5, 0.6) is 0 Å². The first kappa shape index (κ1) is 16.0. The van der Waals surface area contributed by atoms with Gasteiger partial charge in [-0.2, -0.15) is 5.10 Å². The standard InChI is InChI=1S/C17H22N6O/c1-9-20-11-8-10(6-7-12(11)22(9)5)14-13(16(19)24)15(18)23(21-14)17(2,3)4/h6-8H,18H2,1-5H3,(H2,19,24). The van der Waals surface area contributed by atoms with E-state index in [2.05, 4.69) is 10.1 Å². The smallest absolute Gasteiger partial charge is 0.254 e. The van der Waals surface area contributed by atoms with Gasteiger partial charge in [0.2, 0.25) is 0 Å². The highest BCUT2D eigenvalue weighted by Gasteiger charge is 2.27. The lowest BCUT2D eigenvalue weighted by molar-refractivity contribution is 0.100. The molecule has 0 spiro atoms. The van der Waals surface area contributed by atoms with Gasteiger partial charge in [0.05, 0.1) is 16.6 Å². The van der Waals surface area contributed by atoms with Gasteiger partial charge >= 0.3 is 0 Å². The van der Waals surface area contributed by atoms with Crippen molar-refractivity contribution in [1.82, 2.24) is 19.3 Å². The highest BCUT2D eigenvalue weighted by Crippen LogP contribution is 2.32.